The van der Waals surface area contributed by atoms with Gasteiger partial charge in [-0.2, -0.15) is 0 Å². The fraction of sp³-hybridized carbons (Fsp3) is 0.143. The summed E-state index contributed by atoms with van der Waals surface area (Å²) in [6.45, 7) is 1.73. The lowest BCUT2D eigenvalue weighted by Crippen LogP contribution is -2.23. The lowest BCUT2D eigenvalue weighted by atomic mass is 10.1. The molecule has 1 atom stereocenters. The highest BCUT2D eigenvalue weighted by molar-refractivity contribution is 9.10. The van der Waals surface area contributed by atoms with Crippen molar-refractivity contribution in [2.45, 2.75) is 13.0 Å². The number of carbonyl (C=O) groups excluding carboxylic acids is 1. The average molecular weight is 306 g/mol. The molecule has 2 aromatic rings. The quantitative estimate of drug-likeness (QED) is 0.812. The Balaban J connectivity index is 2.09. The molecule has 0 amide bonds. The molecule has 1 unspecified atom stereocenters. The van der Waals surface area contributed by atoms with Crippen LogP contribution in [0.1, 0.15) is 17.3 Å². The van der Waals surface area contributed by atoms with Crippen LogP contribution in [0.25, 0.3) is 0 Å². The Labute approximate surface area is 114 Å². The Morgan fingerprint density at radius 3 is 2.67 bits per heavy atom. The third-order valence-corrected chi connectivity index (χ3v) is 2.85. The summed E-state index contributed by atoms with van der Waals surface area (Å²) in [6, 6.07) is 10.9. The normalized spacial score (nSPS) is 11.9. The summed E-state index contributed by atoms with van der Waals surface area (Å²) in [5, 5.41) is 0. The number of hydrogen-bond donors (Lipinski definition) is 0. The highest BCUT2D eigenvalue weighted by Crippen LogP contribution is 2.18. The molecular weight excluding hydrogens is 294 g/mol. The zero-order valence-corrected chi connectivity index (χ0v) is 11.4. The molecule has 0 radical (unpaired) electrons. The maximum atomic E-state index is 12.1. The number of nitrogens with zero attached hydrogens (tertiary/aromatic N) is 1. The van der Waals surface area contributed by atoms with Crippen LogP contribution in [0.5, 0.6) is 5.75 Å². The van der Waals surface area contributed by atoms with Crippen LogP contribution in [0.3, 0.4) is 0 Å². The minimum atomic E-state index is -0.538. The first-order valence-corrected chi connectivity index (χ1v) is 6.32. The molecule has 4 heteroatoms. The van der Waals surface area contributed by atoms with Crippen LogP contribution in [0.15, 0.2) is 53.3 Å². The van der Waals surface area contributed by atoms with Crippen LogP contribution in [0.2, 0.25) is 0 Å². The number of hydrogen-bond acceptors (Lipinski definition) is 3. The highest BCUT2D eigenvalue weighted by Gasteiger charge is 2.16. The van der Waals surface area contributed by atoms with Crippen LogP contribution in [0.4, 0.5) is 0 Å². The van der Waals surface area contributed by atoms with Crippen LogP contribution in [-0.2, 0) is 0 Å². The van der Waals surface area contributed by atoms with E-state index in [1.165, 1.54) is 0 Å². The molecule has 1 aromatic heterocycles. The van der Waals surface area contributed by atoms with Crippen LogP contribution in [0, 0.1) is 0 Å². The van der Waals surface area contributed by atoms with Crippen molar-refractivity contribution in [2.75, 3.05) is 0 Å². The molecule has 0 saturated carbocycles. The van der Waals surface area contributed by atoms with E-state index in [2.05, 4.69) is 20.9 Å². The van der Waals surface area contributed by atoms with E-state index in [1.807, 2.05) is 18.2 Å². The summed E-state index contributed by atoms with van der Waals surface area (Å²) in [6.07, 6.45) is 2.71. The van der Waals surface area contributed by atoms with Gasteiger partial charge in [-0.1, -0.05) is 30.3 Å². The molecule has 18 heavy (non-hydrogen) atoms. The Kier molecular flexibility index (Phi) is 4.10. The van der Waals surface area contributed by atoms with Crippen molar-refractivity contribution >= 4 is 21.7 Å². The maximum Gasteiger partial charge on any atom is 0.202 e. The summed E-state index contributed by atoms with van der Waals surface area (Å²) in [7, 11) is 0. The van der Waals surface area contributed by atoms with Crippen LogP contribution >= 0.6 is 15.9 Å². The predicted molar refractivity (Wildman–Crippen MR) is 72.8 cm³/mol. The number of ketones is 1. The van der Waals surface area contributed by atoms with Gasteiger partial charge >= 0.3 is 0 Å². The molecule has 0 aliphatic heterocycles. The average Bonchev–Trinajstić information content (AvgIpc) is 2.39. The van der Waals surface area contributed by atoms with Gasteiger partial charge in [-0.05, 0) is 28.9 Å². The molecular formula is C14H12BrNO2. The monoisotopic (exact) mass is 305 g/mol. The van der Waals surface area contributed by atoms with Crippen molar-refractivity contribution in [1.29, 1.82) is 0 Å². The van der Waals surface area contributed by atoms with E-state index >= 15 is 0 Å². The molecule has 2 rings (SSSR count). The first kappa shape index (κ1) is 12.8. The van der Waals surface area contributed by atoms with E-state index in [4.69, 9.17) is 4.74 Å². The SMILES string of the molecule is CC(Oc1cncc(Br)c1)C(=O)c1ccccc1. The Morgan fingerprint density at radius 1 is 1.28 bits per heavy atom. The number of pyridine rings is 1. The van der Waals surface area contributed by atoms with Gasteiger partial charge in [0, 0.05) is 16.2 Å². The highest BCUT2D eigenvalue weighted by atomic mass is 79.9. The zero-order valence-electron chi connectivity index (χ0n) is 9.84. The molecule has 3 nitrogen and oxygen atoms in total. The fourth-order valence-electron chi connectivity index (χ4n) is 1.55. The topological polar surface area (TPSA) is 39.2 Å². The first-order valence-electron chi connectivity index (χ1n) is 5.53. The summed E-state index contributed by atoms with van der Waals surface area (Å²) in [5.74, 6) is 0.525. The van der Waals surface area contributed by atoms with Gasteiger partial charge in [0.05, 0.1) is 6.20 Å². The number of carbonyl (C=O) groups is 1. The van der Waals surface area contributed by atoms with Gasteiger partial charge in [-0.15, -0.1) is 0 Å². The smallest absolute Gasteiger partial charge is 0.202 e. The predicted octanol–water partition coefficient (Wildman–Crippen LogP) is 3.49. The van der Waals surface area contributed by atoms with E-state index in [9.17, 15) is 4.79 Å². The molecule has 0 spiro atoms. The molecule has 1 heterocycles. The third kappa shape index (κ3) is 3.17. The van der Waals surface area contributed by atoms with Crippen molar-refractivity contribution in [3.63, 3.8) is 0 Å². The number of rotatable bonds is 4. The Bertz CT molecular complexity index is 543. The van der Waals surface area contributed by atoms with Crippen molar-refractivity contribution < 1.29 is 9.53 Å². The second-order valence-corrected chi connectivity index (χ2v) is 4.74. The number of aromatic nitrogens is 1. The maximum absolute atomic E-state index is 12.1. The van der Waals surface area contributed by atoms with E-state index < -0.39 is 6.10 Å². The van der Waals surface area contributed by atoms with Crippen LogP contribution in [-0.4, -0.2) is 16.9 Å². The first-order chi connectivity index (χ1) is 8.66. The van der Waals surface area contributed by atoms with E-state index in [-0.39, 0.29) is 5.78 Å². The molecule has 0 N–H and O–H groups in total. The molecule has 0 bridgehead atoms. The van der Waals surface area contributed by atoms with Crippen molar-refractivity contribution in [2.24, 2.45) is 0 Å². The molecule has 0 saturated heterocycles. The molecule has 0 aliphatic rings. The molecule has 0 fully saturated rings. The zero-order chi connectivity index (χ0) is 13.0. The Hall–Kier alpha value is -1.68. The van der Waals surface area contributed by atoms with Gasteiger partial charge in [0.25, 0.3) is 0 Å². The largest absolute Gasteiger partial charge is 0.481 e. The lowest BCUT2D eigenvalue weighted by Gasteiger charge is -2.13. The number of benzene rings is 1. The van der Waals surface area contributed by atoms with Crippen LogP contribution < -0.4 is 4.74 Å². The minimum Gasteiger partial charge on any atom is -0.481 e. The summed E-state index contributed by atoms with van der Waals surface area (Å²) in [5.41, 5.74) is 0.646. The number of Topliss-reactive ketones (excluding diaryl/α,β-unsaturated/α-hetero) is 1. The fourth-order valence-corrected chi connectivity index (χ4v) is 1.90. The third-order valence-electron chi connectivity index (χ3n) is 2.42. The van der Waals surface area contributed by atoms with Gasteiger partial charge in [0.1, 0.15) is 5.75 Å². The van der Waals surface area contributed by atoms with Gasteiger partial charge in [0.15, 0.2) is 6.10 Å². The van der Waals surface area contributed by atoms with Gasteiger partial charge in [0.2, 0.25) is 5.78 Å². The summed E-state index contributed by atoms with van der Waals surface area (Å²) >= 11 is 3.31. The van der Waals surface area contributed by atoms with Gasteiger partial charge in [-0.25, -0.2) is 0 Å². The van der Waals surface area contributed by atoms with Crippen molar-refractivity contribution in [1.82, 2.24) is 4.98 Å². The second-order valence-electron chi connectivity index (χ2n) is 3.83. The van der Waals surface area contributed by atoms with Crippen molar-refractivity contribution in [3.8, 4) is 5.75 Å². The molecule has 92 valence electrons. The van der Waals surface area contributed by atoms with E-state index in [0.29, 0.717) is 11.3 Å². The number of halogens is 1. The second kappa shape index (κ2) is 5.78. The Morgan fingerprint density at radius 2 is 2.00 bits per heavy atom. The van der Waals surface area contributed by atoms with E-state index in [0.717, 1.165) is 4.47 Å². The lowest BCUT2D eigenvalue weighted by molar-refractivity contribution is 0.0817. The van der Waals surface area contributed by atoms with Crippen molar-refractivity contribution in [3.05, 3.63) is 58.8 Å². The summed E-state index contributed by atoms with van der Waals surface area (Å²) < 4.78 is 6.39. The molecule has 1 aromatic carbocycles. The van der Waals surface area contributed by atoms with E-state index in [1.54, 1.807) is 37.5 Å². The van der Waals surface area contributed by atoms with Gasteiger partial charge in [-0.3, -0.25) is 9.78 Å². The number of ether oxygens (including phenoxy) is 1. The van der Waals surface area contributed by atoms with Gasteiger partial charge < -0.3 is 4.74 Å². The minimum absolute atomic E-state index is 0.0458. The summed E-state index contributed by atoms with van der Waals surface area (Å²) in [4.78, 5) is 16.1. The molecule has 0 aliphatic carbocycles. The standard InChI is InChI=1S/C14H12BrNO2/c1-10(14(17)11-5-3-2-4-6-11)18-13-7-12(15)8-16-9-13/h2-10H,1H3.